The molecule has 1 heterocycles. The van der Waals surface area contributed by atoms with Gasteiger partial charge in [0.25, 0.3) is 0 Å². The lowest BCUT2D eigenvalue weighted by molar-refractivity contribution is -0.135. The van der Waals surface area contributed by atoms with Gasteiger partial charge < -0.3 is 24.3 Å². The number of carbonyl (C=O) groups excluding carboxylic acids is 2. The predicted octanol–water partition coefficient (Wildman–Crippen LogP) is 5.59. The SMILES string of the molecule is CCCc1cc(Oc2ccccc2)ccc1OCCCOc1cccc(C2NC(=O)OC2=O)c1. The Balaban J connectivity index is 1.28. The third-order valence-corrected chi connectivity index (χ3v) is 5.23. The second-order valence-electron chi connectivity index (χ2n) is 7.84. The first-order valence-corrected chi connectivity index (χ1v) is 11.4. The standard InChI is InChI=1S/C27H27NO6/c1-2-8-19-17-23(33-21-10-4-3-5-11-21)13-14-24(19)32-16-7-15-31-22-12-6-9-20(18-22)25-26(29)34-27(30)28-25/h3-6,9-14,17-18,25H,2,7-8,15-16H2,1H3,(H,28,30). The smallest absolute Gasteiger partial charge is 0.415 e. The first-order chi connectivity index (χ1) is 16.6. The molecule has 1 aliphatic heterocycles. The van der Waals surface area contributed by atoms with Crippen LogP contribution in [0.5, 0.6) is 23.0 Å². The number of amides is 1. The summed E-state index contributed by atoms with van der Waals surface area (Å²) < 4.78 is 22.3. The van der Waals surface area contributed by atoms with E-state index in [1.165, 1.54) is 0 Å². The van der Waals surface area contributed by atoms with Crippen LogP contribution in [-0.4, -0.2) is 25.3 Å². The van der Waals surface area contributed by atoms with Crippen LogP contribution in [0.2, 0.25) is 0 Å². The molecular formula is C27H27NO6. The molecule has 4 rings (SSSR count). The van der Waals surface area contributed by atoms with Crippen LogP contribution in [0.25, 0.3) is 0 Å². The number of rotatable bonds is 11. The van der Waals surface area contributed by atoms with E-state index in [0.29, 0.717) is 30.9 Å². The van der Waals surface area contributed by atoms with Crippen molar-refractivity contribution in [1.82, 2.24) is 5.32 Å². The molecule has 3 aromatic carbocycles. The number of alkyl carbamates (subject to hydrolysis) is 1. The molecule has 7 heteroatoms. The Bertz CT molecular complexity index is 1130. The number of nitrogens with one attached hydrogen (secondary N) is 1. The summed E-state index contributed by atoms with van der Waals surface area (Å²) >= 11 is 0. The zero-order valence-corrected chi connectivity index (χ0v) is 19.0. The summed E-state index contributed by atoms with van der Waals surface area (Å²) in [6, 6.07) is 21.8. The van der Waals surface area contributed by atoms with Crippen LogP contribution in [0, 0.1) is 0 Å². The van der Waals surface area contributed by atoms with E-state index in [-0.39, 0.29) is 0 Å². The first-order valence-electron chi connectivity index (χ1n) is 11.4. The zero-order valence-electron chi connectivity index (χ0n) is 19.0. The molecule has 176 valence electrons. The molecule has 1 amide bonds. The maximum atomic E-state index is 11.7. The van der Waals surface area contributed by atoms with Gasteiger partial charge in [0.15, 0.2) is 6.04 Å². The highest BCUT2D eigenvalue weighted by Crippen LogP contribution is 2.29. The van der Waals surface area contributed by atoms with Crippen LogP contribution in [0.1, 0.15) is 36.9 Å². The number of para-hydroxylation sites is 1. The molecule has 3 aromatic rings. The Morgan fingerprint density at radius 3 is 2.41 bits per heavy atom. The topological polar surface area (TPSA) is 83.1 Å². The van der Waals surface area contributed by atoms with Crippen molar-refractivity contribution >= 4 is 12.1 Å². The van der Waals surface area contributed by atoms with Gasteiger partial charge in [-0.15, -0.1) is 0 Å². The van der Waals surface area contributed by atoms with E-state index < -0.39 is 18.1 Å². The number of aryl methyl sites for hydroxylation is 1. The molecule has 1 fully saturated rings. The maximum Gasteiger partial charge on any atom is 0.415 e. The van der Waals surface area contributed by atoms with E-state index >= 15 is 0 Å². The summed E-state index contributed by atoms with van der Waals surface area (Å²) in [6.07, 6.45) is 1.84. The van der Waals surface area contributed by atoms with Crippen LogP contribution < -0.4 is 19.5 Å². The lowest BCUT2D eigenvalue weighted by Crippen LogP contribution is -2.19. The number of benzene rings is 3. The first kappa shape index (κ1) is 23.2. The molecule has 1 N–H and O–H groups in total. The van der Waals surface area contributed by atoms with Gasteiger partial charge in [-0.05, 0) is 60.0 Å². The average molecular weight is 462 g/mol. The van der Waals surface area contributed by atoms with Gasteiger partial charge in [-0.2, -0.15) is 0 Å². The van der Waals surface area contributed by atoms with Gasteiger partial charge in [-0.3, -0.25) is 0 Å². The van der Waals surface area contributed by atoms with Crippen molar-refractivity contribution in [2.24, 2.45) is 0 Å². The van der Waals surface area contributed by atoms with Gasteiger partial charge in [0, 0.05) is 6.42 Å². The van der Waals surface area contributed by atoms with Crippen molar-refractivity contribution in [2.45, 2.75) is 32.2 Å². The normalized spacial score (nSPS) is 14.9. The Kier molecular flexibility index (Phi) is 7.65. The third-order valence-electron chi connectivity index (χ3n) is 5.23. The molecule has 0 aliphatic carbocycles. The minimum atomic E-state index is -0.801. The molecule has 0 spiro atoms. The van der Waals surface area contributed by atoms with E-state index in [0.717, 1.165) is 35.7 Å². The second kappa shape index (κ2) is 11.2. The zero-order chi connectivity index (χ0) is 23.8. The quantitative estimate of drug-likeness (QED) is 0.228. The molecule has 1 atom stereocenters. The highest BCUT2D eigenvalue weighted by atomic mass is 16.6. The number of hydrogen-bond acceptors (Lipinski definition) is 6. The van der Waals surface area contributed by atoms with Crippen molar-refractivity contribution in [1.29, 1.82) is 0 Å². The fourth-order valence-electron chi connectivity index (χ4n) is 3.64. The molecular weight excluding hydrogens is 434 g/mol. The van der Waals surface area contributed by atoms with Crippen molar-refractivity contribution in [3.05, 3.63) is 83.9 Å². The van der Waals surface area contributed by atoms with E-state index in [1.807, 2.05) is 48.5 Å². The molecule has 0 aromatic heterocycles. The fourth-order valence-corrected chi connectivity index (χ4v) is 3.64. The predicted molar refractivity (Wildman–Crippen MR) is 126 cm³/mol. The third kappa shape index (κ3) is 6.07. The monoisotopic (exact) mass is 461 g/mol. The molecule has 7 nitrogen and oxygen atoms in total. The van der Waals surface area contributed by atoms with Gasteiger partial charge in [0.05, 0.1) is 13.2 Å². The summed E-state index contributed by atoms with van der Waals surface area (Å²) in [5, 5.41) is 2.48. The molecule has 0 saturated carbocycles. The summed E-state index contributed by atoms with van der Waals surface area (Å²) in [7, 11) is 0. The lowest BCUT2D eigenvalue weighted by atomic mass is 10.1. The summed E-state index contributed by atoms with van der Waals surface area (Å²) in [6.45, 7) is 3.08. The van der Waals surface area contributed by atoms with E-state index in [9.17, 15) is 9.59 Å². The van der Waals surface area contributed by atoms with Crippen molar-refractivity contribution < 1.29 is 28.5 Å². The summed E-state index contributed by atoms with van der Waals surface area (Å²) in [5.41, 5.74) is 1.72. The summed E-state index contributed by atoms with van der Waals surface area (Å²) in [5.74, 6) is 2.43. The Hall–Kier alpha value is -4.00. The highest BCUT2D eigenvalue weighted by Gasteiger charge is 2.33. The highest BCUT2D eigenvalue weighted by molar-refractivity contribution is 5.96. The van der Waals surface area contributed by atoms with Gasteiger partial charge in [-0.25, -0.2) is 9.59 Å². The number of cyclic esters (lactones) is 2. The second-order valence-corrected chi connectivity index (χ2v) is 7.84. The van der Waals surface area contributed by atoms with Crippen molar-refractivity contribution in [3.63, 3.8) is 0 Å². The number of ether oxygens (including phenoxy) is 4. The Morgan fingerprint density at radius 2 is 1.65 bits per heavy atom. The minimum Gasteiger partial charge on any atom is -0.493 e. The molecule has 1 unspecified atom stereocenters. The van der Waals surface area contributed by atoms with Crippen molar-refractivity contribution in [2.75, 3.05) is 13.2 Å². The van der Waals surface area contributed by atoms with E-state index in [1.54, 1.807) is 24.3 Å². The fraction of sp³-hybridized carbons (Fsp3) is 0.259. The molecule has 34 heavy (non-hydrogen) atoms. The van der Waals surface area contributed by atoms with E-state index in [4.69, 9.17) is 14.2 Å². The van der Waals surface area contributed by atoms with Crippen LogP contribution in [0.4, 0.5) is 4.79 Å². The average Bonchev–Trinajstić information content (AvgIpc) is 3.19. The minimum absolute atomic E-state index is 0.448. The number of esters is 1. The largest absolute Gasteiger partial charge is 0.493 e. The maximum absolute atomic E-state index is 11.7. The van der Waals surface area contributed by atoms with Crippen LogP contribution in [0.3, 0.4) is 0 Å². The number of hydrogen-bond donors (Lipinski definition) is 1. The van der Waals surface area contributed by atoms with Gasteiger partial charge in [0.2, 0.25) is 0 Å². The lowest BCUT2D eigenvalue weighted by Gasteiger charge is -2.14. The Morgan fingerprint density at radius 1 is 0.853 bits per heavy atom. The van der Waals surface area contributed by atoms with E-state index in [2.05, 4.69) is 17.0 Å². The van der Waals surface area contributed by atoms with Gasteiger partial charge in [0.1, 0.15) is 23.0 Å². The summed E-state index contributed by atoms with van der Waals surface area (Å²) in [4.78, 5) is 23.0. The van der Waals surface area contributed by atoms with Gasteiger partial charge >= 0.3 is 12.1 Å². The molecule has 0 radical (unpaired) electrons. The van der Waals surface area contributed by atoms with Crippen LogP contribution >= 0.6 is 0 Å². The van der Waals surface area contributed by atoms with Crippen LogP contribution in [-0.2, 0) is 16.0 Å². The molecule has 0 bridgehead atoms. The van der Waals surface area contributed by atoms with Crippen LogP contribution in [0.15, 0.2) is 72.8 Å². The van der Waals surface area contributed by atoms with Crippen molar-refractivity contribution in [3.8, 4) is 23.0 Å². The number of carbonyl (C=O) groups is 2. The Labute approximate surface area is 198 Å². The molecule has 1 aliphatic rings. The molecule has 1 saturated heterocycles. The van der Waals surface area contributed by atoms with Gasteiger partial charge in [-0.1, -0.05) is 43.7 Å².